The number of nitrogens with zero attached hydrogens (tertiary/aromatic N) is 3. The number of fused-ring (bicyclic) bond motifs is 1. The van der Waals surface area contributed by atoms with E-state index in [0.29, 0.717) is 12.0 Å². The Labute approximate surface area is 101 Å². The molecule has 2 heterocycles. The Hall–Kier alpha value is -1.58. The van der Waals surface area contributed by atoms with E-state index < -0.39 is 0 Å². The molecule has 1 aliphatic rings. The van der Waals surface area contributed by atoms with E-state index in [1.165, 1.54) is 32.1 Å². The maximum Gasteiger partial charge on any atom is 0.202 e. The molecule has 1 aliphatic carbocycles. The van der Waals surface area contributed by atoms with E-state index in [9.17, 15) is 0 Å². The van der Waals surface area contributed by atoms with Gasteiger partial charge in [-0.25, -0.2) is 9.97 Å². The van der Waals surface area contributed by atoms with Gasteiger partial charge in [0.1, 0.15) is 5.52 Å². The third-order valence-electron chi connectivity index (χ3n) is 3.75. The smallest absolute Gasteiger partial charge is 0.202 e. The van der Waals surface area contributed by atoms with Gasteiger partial charge in [0.05, 0.1) is 0 Å². The maximum absolute atomic E-state index is 6.06. The number of rotatable bonds is 1. The first-order valence-electron chi connectivity index (χ1n) is 6.36. The summed E-state index contributed by atoms with van der Waals surface area (Å²) in [6.45, 7) is 2.06. The molecule has 0 aliphatic heterocycles. The summed E-state index contributed by atoms with van der Waals surface area (Å²) in [6, 6.07) is 2.48. The van der Waals surface area contributed by atoms with Crippen LogP contribution in [0.25, 0.3) is 11.2 Å². The first-order valence-corrected chi connectivity index (χ1v) is 6.36. The number of imidazole rings is 1. The highest BCUT2D eigenvalue weighted by molar-refractivity contribution is 5.77. The maximum atomic E-state index is 6.06. The van der Waals surface area contributed by atoms with E-state index in [2.05, 4.69) is 21.5 Å². The van der Waals surface area contributed by atoms with Crippen LogP contribution in [-0.2, 0) is 0 Å². The van der Waals surface area contributed by atoms with Crippen molar-refractivity contribution in [3.8, 4) is 0 Å². The molecule has 0 spiro atoms. The lowest BCUT2D eigenvalue weighted by Crippen LogP contribution is -2.15. The molecule has 0 aromatic carbocycles. The fraction of sp³-hybridized carbons (Fsp3) is 0.538. The van der Waals surface area contributed by atoms with Crippen molar-refractivity contribution in [2.45, 2.75) is 45.1 Å². The van der Waals surface area contributed by atoms with E-state index in [1.807, 2.05) is 12.3 Å². The van der Waals surface area contributed by atoms with E-state index in [-0.39, 0.29) is 0 Å². The number of nitrogens with two attached hydrogens (primary N) is 1. The minimum absolute atomic E-state index is 0.489. The zero-order chi connectivity index (χ0) is 11.8. The number of nitrogen functional groups attached to an aromatic ring is 1. The molecule has 2 aromatic rings. The molecule has 0 atom stereocenters. The van der Waals surface area contributed by atoms with Crippen molar-refractivity contribution in [2.24, 2.45) is 0 Å². The van der Waals surface area contributed by atoms with Crippen LogP contribution in [-0.4, -0.2) is 14.5 Å². The normalized spacial score (nSPS) is 17.7. The van der Waals surface area contributed by atoms with Crippen molar-refractivity contribution in [1.82, 2.24) is 14.5 Å². The fourth-order valence-electron chi connectivity index (χ4n) is 2.83. The lowest BCUT2D eigenvalue weighted by atomic mass is 9.95. The minimum Gasteiger partial charge on any atom is -0.369 e. The molecule has 4 nitrogen and oxygen atoms in total. The SMILES string of the molecule is Cc1ccnc2c1nc(N)n2C1CCCCC1. The van der Waals surface area contributed by atoms with Crippen molar-refractivity contribution >= 4 is 17.1 Å². The van der Waals surface area contributed by atoms with Gasteiger partial charge in [-0.1, -0.05) is 19.3 Å². The lowest BCUT2D eigenvalue weighted by molar-refractivity contribution is 0.362. The summed E-state index contributed by atoms with van der Waals surface area (Å²) in [5, 5.41) is 0. The zero-order valence-corrected chi connectivity index (χ0v) is 10.2. The summed E-state index contributed by atoms with van der Waals surface area (Å²) in [4.78, 5) is 8.92. The molecule has 0 bridgehead atoms. The average Bonchev–Trinajstić information content (AvgIpc) is 2.68. The number of hydrogen-bond donors (Lipinski definition) is 1. The van der Waals surface area contributed by atoms with Gasteiger partial charge < -0.3 is 5.73 Å². The topological polar surface area (TPSA) is 56.7 Å². The molecule has 2 N–H and O–H groups in total. The number of pyridine rings is 1. The summed E-state index contributed by atoms with van der Waals surface area (Å²) in [6.07, 6.45) is 8.16. The zero-order valence-electron chi connectivity index (χ0n) is 10.2. The molecule has 17 heavy (non-hydrogen) atoms. The van der Waals surface area contributed by atoms with Gasteiger partial charge >= 0.3 is 0 Å². The number of aryl methyl sites for hydroxylation is 1. The van der Waals surface area contributed by atoms with E-state index in [0.717, 1.165) is 16.7 Å². The van der Waals surface area contributed by atoms with Crippen LogP contribution in [0, 0.1) is 6.92 Å². The second kappa shape index (κ2) is 4.02. The van der Waals surface area contributed by atoms with E-state index in [1.54, 1.807) is 0 Å². The highest BCUT2D eigenvalue weighted by Gasteiger charge is 2.21. The van der Waals surface area contributed by atoms with Gasteiger partial charge in [0.25, 0.3) is 0 Å². The molecule has 0 saturated heterocycles. The summed E-state index contributed by atoms with van der Waals surface area (Å²) < 4.78 is 2.14. The monoisotopic (exact) mass is 230 g/mol. The van der Waals surface area contributed by atoms with Crippen LogP contribution in [0.4, 0.5) is 5.95 Å². The van der Waals surface area contributed by atoms with Gasteiger partial charge in [0.2, 0.25) is 5.95 Å². The van der Waals surface area contributed by atoms with Crippen LogP contribution in [0.1, 0.15) is 43.7 Å². The number of hydrogen-bond acceptors (Lipinski definition) is 3. The van der Waals surface area contributed by atoms with E-state index >= 15 is 0 Å². The van der Waals surface area contributed by atoms with E-state index in [4.69, 9.17) is 5.73 Å². The fourth-order valence-corrected chi connectivity index (χ4v) is 2.83. The molecule has 3 rings (SSSR count). The van der Waals surface area contributed by atoms with Crippen molar-refractivity contribution < 1.29 is 0 Å². The Bertz CT molecular complexity index is 538. The van der Waals surface area contributed by atoms with Crippen molar-refractivity contribution in [2.75, 3.05) is 5.73 Å². The van der Waals surface area contributed by atoms with Crippen molar-refractivity contribution in [1.29, 1.82) is 0 Å². The first-order chi connectivity index (χ1) is 8.27. The average molecular weight is 230 g/mol. The van der Waals surface area contributed by atoms with Crippen LogP contribution < -0.4 is 5.73 Å². The molecule has 4 heteroatoms. The predicted octanol–water partition coefficient (Wildman–Crippen LogP) is 2.83. The molecular formula is C13H18N4. The summed E-state index contributed by atoms with van der Waals surface area (Å²) in [5.74, 6) is 0.619. The molecule has 0 amide bonds. The Morgan fingerprint density at radius 2 is 2.06 bits per heavy atom. The van der Waals surface area contributed by atoms with Crippen LogP contribution in [0.3, 0.4) is 0 Å². The molecule has 0 unspecified atom stereocenters. The minimum atomic E-state index is 0.489. The Morgan fingerprint density at radius 3 is 2.82 bits per heavy atom. The third-order valence-corrected chi connectivity index (χ3v) is 3.75. The van der Waals surface area contributed by atoms with Crippen molar-refractivity contribution in [3.63, 3.8) is 0 Å². The van der Waals surface area contributed by atoms with Gasteiger partial charge in [0.15, 0.2) is 5.65 Å². The van der Waals surface area contributed by atoms with Crippen molar-refractivity contribution in [3.05, 3.63) is 17.8 Å². The molecule has 1 fully saturated rings. The van der Waals surface area contributed by atoms with Gasteiger partial charge in [-0.2, -0.15) is 0 Å². The van der Waals surface area contributed by atoms with Crippen LogP contribution in [0.5, 0.6) is 0 Å². The van der Waals surface area contributed by atoms with Gasteiger partial charge in [-0.3, -0.25) is 4.57 Å². The highest BCUT2D eigenvalue weighted by atomic mass is 15.2. The molecule has 90 valence electrons. The Morgan fingerprint density at radius 1 is 1.29 bits per heavy atom. The number of aromatic nitrogens is 3. The summed E-state index contributed by atoms with van der Waals surface area (Å²) in [7, 11) is 0. The third kappa shape index (κ3) is 1.68. The van der Waals surface area contributed by atoms with Gasteiger partial charge in [-0.15, -0.1) is 0 Å². The van der Waals surface area contributed by atoms with Gasteiger partial charge in [0, 0.05) is 12.2 Å². The Balaban J connectivity index is 2.14. The molecule has 2 aromatic heterocycles. The van der Waals surface area contributed by atoms with Crippen LogP contribution in [0.15, 0.2) is 12.3 Å². The van der Waals surface area contributed by atoms with Crippen LogP contribution in [0.2, 0.25) is 0 Å². The second-order valence-electron chi connectivity index (χ2n) is 4.93. The predicted molar refractivity (Wildman–Crippen MR) is 68.8 cm³/mol. The highest BCUT2D eigenvalue weighted by Crippen LogP contribution is 2.33. The van der Waals surface area contributed by atoms with Crippen LogP contribution >= 0.6 is 0 Å². The second-order valence-corrected chi connectivity index (χ2v) is 4.93. The molecule has 1 saturated carbocycles. The molecule has 0 radical (unpaired) electrons. The van der Waals surface area contributed by atoms with Gasteiger partial charge in [-0.05, 0) is 31.4 Å². The summed E-state index contributed by atoms with van der Waals surface area (Å²) >= 11 is 0. The largest absolute Gasteiger partial charge is 0.369 e. The molecular weight excluding hydrogens is 212 g/mol. The number of anilines is 1. The standard InChI is InChI=1S/C13H18N4/c1-9-7-8-15-12-11(9)16-13(14)17(12)10-5-3-2-4-6-10/h7-8,10H,2-6H2,1H3,(H2,14,16). The Kier molecular flexibility index (Phi) is 2.50. The summed E-state index contributed by atoms with van der Waals surface area (Å²) in [5.41, 5.74) is 9.12. The first kappa shape index (κ1) is 10.6. The lowest BCUT2D eigenvalue weighted by Gasteiger charge is -2.24. The quantitative estimate of drug-likeness (QED) is 0.819.